The van der Waals surface area contributed by atoms with E-state index in [1.54, 1.807) is 32.6 Å². The maximum Gasteiger partial charge on any atom is 0.231 e. The molecule has 0 aliphatic carbocycles. The topological polar surface area (TPSA) is 49.3 Å². The Balaban J connectivity index is 1.90. The number of rotatable bonds is 4. The molecule has 1 heterocycles. The molecule has 0 amide bonds. The summed E-state index contributed by atoms with van der Waals surface area (Å²) in [4.78, 5) is 4.42. The molecule has 2 aromatic carbocycles. The van der Waals surface area contributed by atoms with Crippen LogP contribution in [0.15, 0.2) is 35.3 Å². The van der Waals surface area contributed by atoms with E-state index in [0.717, 1.165) is 11.3 Å². The van der Waals surface area contributed by atoms with Crippen LogP contribution in [0.3, 0.4) is 0 Å². The van der Waals surface area contributed by atoms with Gasteiger partial charge in [0.25, 0.3) is 0 Å². The second kappa shape index (κ2) is 6.15. The highest BCUT2D eigenvalue weighted by molar-refractivity contribution is 6.32. The van der Waals surface area contributed by atoms with E-state index < -0.39 is 0 Å². The van der Waals surface area contributed by atoms with Crippen molar-refractivity contribution in [1.29, 1.82) is 0 Å². The predicted octanol–water partition coefficient (Wildman–Crippen LogP) is 3.84. The van der Waals surface area contributed by atoms with Crippen molar-refractivity contribution < 1.29 is 18.9 Å². The van der Waals surface area contributed by atoms with Crippen LogP contribution in [0, 0.1) is 0 Å². The summed E-state index contributed by atoms with van der Waals surface area (Å²) in [7, 11) is 3.12. The first-order valence-electron chi connectivity index (χ1n) is 6.56. The lowest BCUT2D eigenvalue weighted by molar-refractivity contribution is 0.174. The number of halogens is 1. The molecule has 1 aliphatic rings. The number of nitrogens with zero attached hydrogens (tertiary/aromatic N) is 1. The Kier molecular flexibility index (Phi) is 4.06. The van der Waals surface area contributed by atoms with Gasteiger partial charge in [0.15, 0.2) is 11.5 Å². The summed E-state index contributed by atoms with van der Waals surface area (Å²) in [5.74, 6) is 2.57. The van der Waals surface area contributed by atoms with Crippen LogP contribution in [-0.2, 0) is 0 Å². The molecule has 0 saturated carbocycles. The smallest absolute Gasteiger partial charge is 0.231 e. The molecule has 2 aromatic rings. The summed E-state index contributed by atoms with van der Waals surface area (Å²) in [5, 5.41) is 0.473. The fourth-order valence-corrected chi connectivity index (χ4v) is 2.32. The summed E-state index contributed by atoms with van der Waals surface area (Å²) in [6.07, 6.45) is 1.71. The van der Waals surface area contributed by atoms with Crippen LogP contribution in [0.1, 0.15) is 5.56 Å². The standard InChI is InChI=1S/C16H14ClNO4/c1-19-14-7-15(20-2)12(6-11(14)17)18-8-10-3-4-13-16(5-10)22-9-21-13/h3-8H,9H2,1-2H3. The Labute approximate surface area is 133 Å². The predicted molar refractivity (Wildman–Crippen MR) is 84.4 cm³/mol. The van der Waals surface area contributed by atoms with Gasteiger partial charge in [0.2, 0.25) is 6.79 Å². The average molecular weight is 320 g/mol. The lowest BCUT2D eigenvalue weighted by Crippen LogP contribution is -1.92. The third-order valence-corrected chi connectivity index (χ3v) is 3.50. The van der Waals surface area contributed by atoms with Crippen molar-refractivity contribution in [3.63, 3.8) is 0 Å². The second-order valence-electron chi connectivity index (χ2n) is 4.53. The van der Waals surface area contributed by atoms with Crippen molar-refractivity contribution in [2.24, 2.45) is 4.99 Å². The van der Waals surface area contributed by atoms with Crippen molar-refractivity contribution in [3.05, 3.63) is 40.9 Å². The first kappa shape index (κ1) is 14.5. The molecule has 0 radical (unpaired) electrons. The van der Waals surface area contributed by atoms with Gasteiger partial charge < -0.3 is 18.9 Å². The molecule has 0 unspecified atom stereocenters. The minimum absolute atomic E-state index is 0.248. The molecule has 5 nitrogen and oxygen atoms in total. The van der Waals surface area contributed by atoms with E-state index in [1.165, 1.54) is 0 Å². The summed E-state index contributed by atoms with van der Waals surface area (Å²) < 4.78 is 21.1. The summed E-state index contributed by atoms with van der Waals surface area (Å²) in [6.45, 7) is 0.248. The minimum Gasteiger partial charge on any atom is -0.495 e. The Morgan fingerprint density at radius 1 is 1.05 bits per heavy atom. The highest BCUT2D eigenvalue weighted by atomic mass is 35.5. The molecule has 3 rings (SSSR count). The molecular formula is C16H14ClNO4. The van der Waals surface area contributed by atoms with Crippen LogP contribution in [0.5, 0.6) is 23.0 Å². The number of benzene rings is 2. The van der Waals surface area contributed by atoms with E-state index in [9.17, 15) is 0 Å². The quantitative estimate of drug-likeness (QED) is 0.803. The van der Waals surface area contributed by atoms with Gasteiger partial charge >= 0.3 is 0 Å². The van der Waals surface area contributed by atoms with Gasteiger partial charge in [-0.3, -0.25) is 4.99 Å². The fraction of sp³-hybridized carbons (Fsp3) is 0.188. The second-order valence-corrected chi connectivity index (χ2v) is 4.94. The number of ether oxygens (including phenoxy) is 4. The first-order chi connectivity index (χ1) is 10.7. The van der Waals surface area contributed by atoms with Crippen LogP contribution >= 0.6 is 11.6 Å². The Morgan fingerprint density at radius 2 is 1.82 bits per heavy atom. The molecule has 0 N–H and O–H groups in total. The lowest BCUT2D eigenvalue weighted by atomic mass is 10.2. The largest absolute Gasteiger partial charge is 0.495 e. The Morgan fingerprint density at radius 3 is 2.59 bits per heavy atom. The number of hydrogen-bond acceptors (Lipinski definition) is 5. The number of methoxy groups -OCH3 is 2. The molecule has 0 atom stereocenters. The monoisotopic (exact) mass is 319 g/mol. The molecule has 1 aliphatic heterocycles. The average Bonchev–Trinajstić information content (AvgIpc) is 3.00. The number of aliphatic imine (C=N–C) groups is 1. The third-order valence-electron chi connectivity index (χ3n) is 3.20. The van der Waals surface area contributed by atoms with Gasteiger partial charge in [-0.05, 0) is 29.8 Å². The maximum absolute atomic E-state index is 6.13. The summed E-state index contributed by atoms with van der Waals surface area (Å²) in [5.41, 5.74) is 1.50. The highest BCUT2D eigenvalue weighted by Gasteiger charge is 2.13. The van der Waals surface area contributed by atoms with Gasteiger partial charge in [0.05, 0.1) is 19.2 Å². The molecule has 6 heteroatoms. The third kappa shape index (κ3) is 2.80. The van der Waals surface area contributed by atoms with E-state index in [4.69, 9.17) is 30.5 Å². The van der Waals surface area contributed by atoms with Crippen molar-refractivity contribution >= 4 is 23.5 Å². The Hall–Kier alpha value is -2.40. The van der Waals surface area contributed by atoms with Crippen molar-refractivity contribution in [3.8, 4) is 23.0 Å². The Bertz CT molecular complexity index is 730. The van der Waals surface area contributed by atoms with Crippen LogP contribution < -0.4 is 18.9 Å². The van der Waals surface area contributed by atoms with E-state index in [1.807, 2.05) is 18.2 Å². The van der Waals surface area contributed by atoms with Crippen molar-refractivity contribution in [1.82, 2.24) is 0 Å². The number of fused-ring (bicyclic) bond motifs is 1. The normalized spacial score (nSPS) is 12.7. The molecular weight excluding hydrogens is 306 g/mol. The van der Waals surface area contributed by atoms with Gasteiger partial charge in [0.1, 0.15) is 17.2 Å². The zero-order chi connectivity index (χ0) is 15.5. The van der Waals surface area contributed by atoms with Crippen molar-refractivity contribution in [2.45, 2.75) is 0 Å². The maximum atomic E-state index is 6.13. The van der Waals surface area contributed by atoms with Gasteiger partial charge in [0, 0.05) is 12.3 Å². The molecule has 0 fully saturated rings. The molecule has 0 bridgehead atoms. The zero-order valence-corrected chi connectivity index (χ0v) is 12.9. The van der Waals surface area contributed by atoms with Crippen molar-refractivity contribution in [2.75, 3.05) is 21.0 Å². The van der Waals surface area contributed by atoms with Gasteiger partial charge in [-0.15, -0.1) is 0 Å². The number of hydrogen-bond donors (Lipinski definition) is 0. The molecule has 0 aromatic heterocycles. The highest BCUT2D eigenvalue weighted by Crippen LogP contribution is 2.38. The van der Waals surface area contributed by atoms with Crippen LogP contribution in [-0.4, -0.2) is 27.2 Å². The van der Waals surface area contributed by atoms with E-state index in [2.05, 4.69) is 4.99 Å². The van der Waals surface area contributed by atoms with E-state index in [0.29, 0.717) is 28.0 Å². The molecule has 114 valence electrons. The molecule has 22 heavy (non-hydrogen) atoms. The first-order valence-corrected chi connectivity index (χ1v) is 6.94. The van der Waals surface area contributed by atoms with Crippen LogP contribution in [0.25, 0.3) is 0 Å². The van der Waals surface area contributed by atoms with Gasteiger partial charge in [-0.2, -0.15) is 0 Å². The van der Waals surface area contributed by atoms with Gasteiger partial charge in [-0.1, -0.05) is 11.6 Å². The zero-order valence-electron chi connectivity index (χ0n) is 12.1. The summed E-state index contributed by atoms with van der Waals surface area (Å²) >= 11 is 6.13. The molecule has 0 saturated heterocycles. The fourth-order valence-electron chi connectivity index (χ4n) is 2.08. The van der Waals surface area contributed by atoms with Crippen LogP contribution in [0.4, 0.5) is 5.69 Å². The van der Waals surface area contributed by atoms with E-state index >= 15 is 0 Å². The lowest BCUT2D eigenvalue weighted by Gasteiger charge is -2.08. The minimum atomic E-state index is 0.248. The van der Waals surface area contributed by atoms with Gasteiger partial charge in [-0.25, -0.2) is 0 Å². The SMILES string of the molecule is COc1cc(OC)c(N=Cc2ccc3c(c2)OCO3)cc1Cl. The molecule has 0 spiro atoms. The summed E-state index contributed by atoms with van der Waals surface area (Å²) in [6, 6.07) is 9.01. The van der Waals surface area contributed by atoms with Crippen LogP contribution in [0.2, 0.25) is 5.02 Å². The van der Waals surface area contributed by atoms with E-state index in [-0.39, 0.29) is 6.79 Å².